The van der Waals surface area contributed by atoms with Crippen molar-refractivity contribution in [2.75, 3.05) is 24.7 Å². The molecular weight excluding hydrogens is 243 g/mol. The van der Waals surface area contributed by atoms with Gasteiger partial charge in [0.1, 0.15) is 6.61 Å². The molecule has 0 fully saturated rings. The Morgan fingerprint density at radius 1 is 1.38 bits per heavy atom. The van der Waals surface area contributed by atoms with E-state index in [2.05, 4.69) is 4.74 Å². The fourth-order valence-electron chi connectivity index (χ4n) is 0.929. The Morgan fingerprint density at radius 3 is 2.50 bits per heavy atom. The zero-order valence-corrected chi connectivity index (χ0v) is 10.1. The van der Waals surface area contributed by atoms with Crippen LogP contribution in [0.5, 0.6) is 0 Å². The highest BCUT2D eigenvalue weighted by Crippen LogP contribution is 2.14. The van der Waals surface area contributed by atoms with Crippen LogP contribution < -0.4 is 5.73 Å². The van der Waals surface area contributed by atoms with Gasteiger partial charge in [0.2, 0.25) is 0 Å². The van der Waals surface area contributed by atoms with E-state index in [9.17, 15) is 17.4 Å². The van der Waals surface area contributed by atoms with Crippen LogP contribution in [-0.2, 0) is 15.5 Å². The molecule has 0 aromatic rings. The second kappa shape index (κ2) is 8.03. The first-order valence-electron chi connectivity index (χ1n) is 5.06. The minimum Gasteiger partial charge on any atom is -0.372 e. The molecule has 0 aromatic heterocycles. The monoisotopic (exact) mass is 261 g/mol. The predicted octanol–water partition coefficient (Wildman–Crippen LogP) is 1.44. The van der Waals surface area contributed by atoms with Gasteiger partial charge in [-0.15, -0.1) is 0 Å². The van der Waals surface area contributed by atoms with E-state index in [1.807, 2.05) is 6.92 Å². The fourth-order valence-corrected chi connectivity index (χ4v) is 2.21. The second-order valence-electron chi connectivity index (χ2n) is 3.64. The quantitative estimate of drug-likeness (QED) is 0.673. The summed E-state index contributed by atoms with van der Waals surface area (Å²) < 4.78 is 50.6. The van der Waals surface area contributed by atoms with Crippen LogP contribution in [0.3, 0.4) is 0 Å². The molecule has 0 bridgehead atoms. The molecule has 2 N–H and O–H groups in total. The molecule has 7 heteroatoms. The van der Waals surface area contributed by atoms with Crippen LogP contribution in [0.25, 0.3) is 0 Å². The Labute approximate surface area is 96.0 Å². The number of halogens is 3. The van der Waals surface area contributed by atoms with Gasteiger partial charge in [0.15, 0.2) is 0 Å². The number of rotatable bonds is 8. The van der Waals surface area contributed by atoms with E-state index in [-0.39, 0.29) is 12.6 Å². The average Bonchev–Trinajstić information content (AvgIpc) is 2.12. The van der Waals surface area contributed by atoms with Crippen molar-refractivity contribution in [3.05, 3.63) is 0 Å². The highest BCUT2D eigenvalue weighted by molar-refractivity contribution is 7.84. The summed E-state index contributed by atoms with van der Waals surface area (Å²) in [6.45, 7) is 0.576. The van der Waals surface area contributed by atoms with E-state index in [1.54, 1.807) is 0 Å². The Morgan fingerprint density at radius 2 is 2.00 bits per heavy atom. The van der Waals surface area contributed by atoms with Gasteiger partial charge in [0.25, 0.3) is 0 Å². The molecule has 0 heterocycles. The lowest BCUT2D eigenvalue weighted by atomic mass is 10.3. The first kappa shape index (κ1) is 15.9. The summed E-state index contributed by atoms with van der Waals surface area (Å²) in [5, 5.41) is 0. The summed E-state index contributed by atoms with van der Waals surface area (Å²) in [4.78, 5) is 0. The summed E-state index contributed by atoms with van der Waals surface area (Å²) in [5.74, 6) is 0.863. The highest BCUT2D eigenvalue weighted by Gasteiger charge is 2.27. The summed E-state index contributed by atoms with van der Waals surface area (Å²) in [5.41, 5.74) is 5.48. The molecule has 0 aromatic carbocycles. The molecule has 2 unspecified atom stereocenters. The van der Waals surface area contributed by atoms with Gasteiger partial charge in [-0.25, -0.2) is 0 Å². The van der Waals surface area contributed by atoms with Gasteiger partial charge in [0.05, 0.1) is 0 Å². The fraction of sp³-hybridized carbons (Fsp3) is 1.00. The minimum atomic E-state index is -4.28. The number of hydrogen-bond donors (Lipinski definition) is 1. The topological polar surface area (TPSA) is 52.3 Å². The normalized spacial score (nSPS) is 16.1. The standard InChI is InChI=1S/C9H18F3NO2S/c1-8(13)3-6-16(14)5-2-4-15-7-9(10,11)12/h8H,2-7,13H2,1H3. The van der Waals surface area contributed by atoms with Gasteiger partial charge < -0.3 is 10.5 Å². The second-order valence-corrected chi connectivity index (χ2v) is 5.33. The van der Waals surface area contributed by atoms with Crippen LogP contribution in [0, 0.1) is 0 Å². The van der Waals surface area contributed by atoms with Gasteiger partial charge in [-0.2, -0.15) is 13.2 Å². The van der Waals surface area contributed by atoms with E-state index in [4.69, 9.17) is 5.73 Å². The van der Waals surface area contributed by atoms with E-state index in [0.29, 0.717) is 24.3 Å². The van der Waals surface area contributed by atoms with Crippen molar-refractivity contribution in [2.45, 2.75) is 32.0 Å². The SMILES string of the molecule is CC(N)CCS(=O)CCCOCC(F)(F)F. The number of alkyl halides is 3. The van der Waals surface area contributed by atoms with Crippen LogP contribution in [-0.4, -0.2) is 41.1 Å². The van der Waals surface area contributed by atoms with Crippen LogP contribution >= 0.6 is 0 Å². The van der Waals surface area contributed by atoms with Crippen LogP contribution in [0.2, 0.25) is 0 Å². The molecule has 16 heavy (non-hydrogen) atoms. The van der Waals surface area contributed by atoms with E-state index >= 15 is 0 Å². The van der Waals surface area contributed by atoms with E-state index in [0.717, 1.165) is 0 Å². The molecule has 0 aliphatic carbocycles. The molecule has 0 spiro atoms. The van der Waals surface area contributed by atoms with Crippen LogP contribution in [0.1, 0.15) is 19.8 Å². The van der Waals surface area contributed by atoms with Crippen molar-refractivity contribution in [2.24, 2.45) is 5.73 Å². The van der Waals surface area contributed by atoms with Crippen LogP contribution in [0.15, 0.2) is 0 Å². The van der Waals surface area contributed by atoms with Gasteiger partial charge in [-0.1, -0.05) is 0 Å². The minimum absolute atomic E-state index is 0.00503. The molecule has 0 rings (SSSR count). The predicted molar refractivity (Wildman–Crippen MR) is 57.6 cm³/mol. The smallest absolute Gasteiger partial charge is 0.372 e. The molecule has 0 aliphatic rings. The molecule has 98 valence electrons. The lowest BCUT2D eigenvalue weighted by Gasteiger charge is -2.07. The Bertz CT molecular complexity index is 209. The van der Waals surface area contributed by atoms with Crippen molar-refractivity contribution in [1.82, 2.24) is 0 Å². The number of nitrogens with two attached hydrogens (primary N) is 1. The number of ether oxygens (including phenoxy) is 1. The summed E-state index contributed by atoms with van der Waals surface area (Å²) in [7, 11) is -1.01. The Kier molecular flexibility index (Phi) is 7.96. The van der Waals surface area contributed by atoms with Crippen molar-refractivity contribution >= 4 is 10.8 Å². The third kappa shape index (κ3) is 11.9. The molecule has 0 amide bonds. The summed E-state index contributed by atoms with van der Waals surface area (Å²) in [6.07, 6.45) is -3.24. The highest BCUT2D eigenvalue weighted by atomic mass is 32.2. The van der Waals surface area contributed by atoms with Crippen molar-refractivity contribution in [3.8, 4) is 0 Å². The molecular formula is C9H18F3NO2S. The summed E-state index contributed by atoms with van der Waals surface area (Å²) in [6, 6.07) is 0.00503. The van der Waals surface area contributed by atoms with Gasteiger partial charge in [-0.05, 0) is 19.8 Å². The largest absolute Gasteiger partial charge is 0.411 e. The van der Waals surface area contributed by atoms with Gasteiger partial charge in [0, 0.05) is 35.0 Å². The molecule has 0 aliphatic heterocycles. The van der Waals surface area contributed by atoms with E-state index in [1.165, 1.54) is 0 Å². The molecule has 0 saturated heterocycles. The maximum atomic E-state index is 11.7. The van der Waals surface area contributed by atoms with Crippen molar-refractivity contribution in [3.63, 3.8) is 0 Å². The van der Waals surface area contributed by atoms with E-state index < -0.39 is 23.6 Å². The van der Waals surface area contributed by atoms with Crippen molar-refractivity contribution < 1.29 is 22.1 Å². The Balaban J connectivity index is 3.35. The summed E-state index contributed by atoms with van der Waals surface area (Å²) >= 11 is 0. The zero-order chi connectivity index (χ0) is 12.6. The molecule has 0 radical (unpaired) electrons. The zero-order valence-electron chi connectivity index (χ0n) is 9.26. The number of hydrogen-bond acceptors (Lipinski definition) is 3. The maximum absolute atomic E-state index is 11.7. The Hall–Kier alpha value is -0.140. The van der Waals surface area contributed by atoms with Gasteiger partial charge >= 0.3 is 6.18 Å². The van der Waals surface area contributed by atoms with Crippen LogP contribution in [0.4, 0.5) is 13.2 Å². The first-order valence-corrected chi connectivity index (χ1v) is 6.55. The molecule has 3 nitrogen and oxygen atoms in total. The first-order chi connectivity index (χ1) is 7.31. The lowest BCUT2D eigenvalue weighted by Crippen LogP contribution is -2.20. The molecule has 0 saturated carbocycles. The van der Waals surface area contributed by atoms with Gasteiger partial charge in [-0.3, -0.25) is 4.21 Å². The lowest BCUT2D eigenvalue weighted by molar-refractivity contribution is -0.173. The third-order valence-corrected chi connectivity index (χ3v) is 3.16. The average molecular weight is 261 g/mol. The molecule has 2 atom stereocenters. The third-order valence-electron chi connectivity index (χ3n) is 1.73. The maximum Gasteiger partial charge on any atom is 0.411 e. The van der Waals surface area contributed by atoms with Crippen molar-refractivity contribution in [1.29, 1.82) is 0 Å².